The Morgan fingerprint density at radius 1 is 1.31 bits per heavy atom. The maximum Gasteiger partial charge on any atom is 0.417 e. The maximum atomic E-state index is 12.6. The lowest BCUT2D eigenvalue weighted by Gasteiger charge is -2.10. The molecule has 0 saturated heterocycles. The first-order valence-electron chi connectivity index (χ1n) is 4.59. The molecule has 0 amide bonds. The van der Waals surface area contributed by atoms with Crippen molar-refractivity contribution in [1.82, 2.24) is 0 Å². The molecule has 1 N–H and O–H groups in total. The van der Waals surface area contributed by atoms with Crippen LogP contribution in [-0.4, -0.2) is 11.7 Å². The van der Waals surface area contributed by atoms with Crippen LogP contribution >= 0.6 is 15.9 Å². The Morgan fingerprint density at radius 2 is 2.00 bits per heavy atom. The molecule has 0 aliphatic rings. The van der Waals surface area contributed by atoms with Crippen molar-refractivity contribution in [3.8, 4) is 0 Å². The van der Waals surface area contributed by atoms with Gasteiger partial charge in [0, 0.05) is 11.1 Å². The fourth-order valence-electron chi connectivity index (χ4n) is 1.20. The van der Waals surface area contributed by atoms with Crippen LogP contribution in [-0.2, 0) is 6.18 Å². The van der Waals surface area contributed by atoms with E-state index >= 15 is 0 Å². The van der Waals surface area contributed by atoms with E-state index in [2.05, 4.69) is 15.9 Å². The van der Waals surface area contributed by atoms with E-state index in [0.717, 1.165) is 6.07 Å². The summed E-state index contributed by atoms with van der Waals surface area (Å²) >= 11 is 3.01. The van der Waals surface area contributed by atoms with Gasteiger partial charge in [-0.25, -0.2) is 0 Å². The summed E-state index contributed by atoms with van der Waals surface area (Å²) in [6.45, 7) is -0.0750. The van der Waals surface area contributed by atoms with Gasteiger partial charge in [0.2, 0.25) is 0 Å². The molecule has 0 heterocycles. The second-order valence-corrected chi connectivity index (χ2v) is 4.06. The Labute approximate surface area is 99.7 Å². The van der Waals surface area contributed by atoms with Crippen molar-refractivity contribution in [2.75, 3.05) is 6.61 Å². The number of rotatable bonds is 3. The van der Waals surface area contributed by atoms with Crippen LogP contribution in [0, 0.1) is 0 Å². The third-order valence-electron chi connectivity index (χ3n) is 1.91. The molecule has 0 saturated carbocycles. The summed E-state index contributed by atoms with van der Waals surface area (Å²) < 4.78 is 38.3. The van der Waals surface area contributed by atoms with Crippen LogP contribution in [0.15, 0.2) is 28.7 Å². The molecule has 0 bridgehead atoms. The highest BCUT2D eigenvalue weighted by molar-refractivity contribution is 9.10. The molecular formula is C11H10BrF3O. The number of benzene rings is 1. The molecule has 5 heteroatoms. The Morgan fingerprint density at radius 3 is 2.56 bits per heavy atom. The molecular weight excluding hydrogens is 285 g/mol. The predicted octanol–water partition coefficient (Wildman–Crippen LogP) is 3.86. The number of alkyl halides is 3. The number of hydrogen-bond acceptors (Lipinski definition) is 1. The van der Waals surface area contributed by atoms with Crippen LogP contribution < -0.4 is 0 Å². The van der Waals surface area contributed by atoms with Gasteiger partial charge in [0.05, 0.1) is 5.56 Å². The van der Waals surface area contributed by atoms with Gasteiger partial charge in [-0.1, -0.05) is 34.1 Å². The molecule has 0 spiro atoms. The summed E-state index contributed by atoms with van der Waals surface area (Å²) in [6, 6.07) is 3.98. The summed E-state index contributed by atoms with van der Waals surface area (Å²) in [4.78, 5) is 0. The minimum absolute atomic E-state index is 0.0750. The molecule has 0 aliphatic carbocycles. The molecule has 1 aromatic carbocycles. The molecule has 88 valence electrons. The van der Waals surface area contributed by atoms with Gasteiger partial charge in [-0.2, -0.15) is 13.2 Å². The van der Waals surface area contributed by atoms with Gasteiger partial charge in [-0.05, 0) is 24.1 Å². The Kier molecular flexibility index (Phi) is 4.56. The highest BCUT2D eigenvalue weighted by atomic mass is 79.9. The summed E-state index contributed by atoms with van der Waals surface area (Å²) in [5.74, 6) is 0. The van der Waals surface area contributed by atoms with Crippen LogP contribution in [0.5, 0.6) is 0 Å². The van der Waals surface area contributed by atoms with E-state index < -0.39 is 11.7 Å². The second kappa shape index (κ2) is 5.50. The van der Waals surface area contributed by atoms with Crippen molar-refractivity contribution >= 4 is 22.0 Å². The number of hydrogen-bond donors (Lipinski definition) is 1. The van der Waals surface area contributed by atoms with E-state index in [-0.39, 0.29) is 12.2 Å². The first-order valence-corrected chi connectivity index (χ1v) is 5.38. The van der Waals surface area contributed by atoms with Crippen LogP contribution in [0.2, 0.25) is 0 Å². The van der Waals surface area contributed by atoms with Crippen molar-refractivity contribution in [3.05, 3.63) is 39.9 Å². The molecule has 0 aromatic heterocycles. The molecule has 1 nitrogen and oxygen atoms in total. The third kappa shape index (κ3) is 3.64. The van der Waals surface area contributed by atoms with E-state index in [9.17, 15) is 13.2 Å². The zero-order chi connectivity index (χ0) is 12.2. The Balaban J connectivity index is 3.08. The van der Waals surface area contributed by atoms with Crippen molar-refractivity contribution in [1.29, 1.82) is 0 Å². The average Bonchev–Trinajstić information content (AvgIpc) is 2.19. The first-order chi connectivity index (χ1) is 7.45. The molecule has 1 rings (SSSR count). The molecule has 0 radical (unpaired) electrons. The standard InChI is InChI=1S/C11H10BrF3O/c12-9-5-4-8(3-1-2-6-16)10(7-9)11(13,14)15/h1,3-5,7,16H,2,6H2. The van der Waals surface area contributed by atoms with Crippen molar-refractivity contribution in [3.63, 3.8) is 0 Å². The highest BCUT2D eigenvalue weighted by Gasteiger charge is 2.32. The fourth-order valence-corrected chi connectivity index (χ4v) is 1.57. The van der Waals surface area contributed by atoms with Gasteiger partial charge >= 0.3 is 6.18 Å². The maximum absolute atomic E-state index is 12.6. The van der Waals surface area contributed by atoms with Crippen LogP contribution in [0.25, 0.3) is 6.08 Å². The predicted molar refractivity (Wildman–Crippen MR) is 59.9 cm³/mol. The summed E-state index contributed by atoms with van der Waals surface area (Å²) in [7, 11) is 0. The topological polar surface area (TPSA) is 20.2 Å². The van der Waals surface area contributed by atoms with Crippen LogP contribution in [0.1, 0.15) is 17.5 Å². The SMILES string of the molecule is OCCC=Cc1ccc(Br)cc1C(F)(F)F. The Bertz CT molecular complexity index is 385. The van der Waals surface area contributed by atoms with E-state index in [1.54, 1.807) is 6.07 Å². The van der Waals surface area contributed by atoms with E-state index in [1.165, 1.54) is 18.2 Å². The lowest BCUT2D eigenvalue weighted by molar-refractivity contribution is -0.137. The van der Waals surface area contributed by atoms with Crippen molar-refractivity contribution < 1.29 is 18.3 Å². The number of aliphatic hydroxyl groups excluding tert-OH is 1. The average molecular weight is 295 g/mol. The molecule has 0 aliphatic heterocycles. The van der Waals surface area contributed by atoms with E-state index in [0.29, 0.717) is 10.9 Å². The van der Waals surface area contributed by atoms with Gasteiger partial charge in [-0.15, -0.1) is 0 Å². The van der Waals surface area contributed by atoms with Crippen molar-refractivity contribution in [2.45, 2.75) is 12.6 Å². The zero-order valence-electron chi connectivity index (χ0n) is 8.26. The molecule has 0 unspecified atom stereocenters. The van der Waals surface area contributed by atoms with E-state index in [1.807, 2.05) is 0 Å². The normalized spacial score (nSPS) is 12.3. The minimum atomic E-state index is -4.37. The lowest BCUT2D eigenvalue weighted by Crippen LogP contribution is -2.07. The second-order valence-electron chi connectivity index (χ2n) is 3.14. The third-order valence-corrected chi connectivity index (χ3v) is 2.41. The van der Waals surface area contributed by atoms with Crippen LogP contribution in [0.4, 0.5) is 13.2 Å². The van der Waals surface area contributed by atoms with Gasteiger partial charge in [0.25, 0.3) is 0 Å². The zero-order valence-corrected chi connectivity index (χ0v) is 9.85. The summed E-state index contributed by atoms with van der Waals surface area (Å²) in [5.41, 5.74) is -0.583. The largest absolute Gasteiger partial charge is 0.417 e. The number of halogens is 4. The first kappa shape index (κ1) is 13.3. The van der Waals surface area contributed by atoms with Gasteiger partial charge in [0.15, 0.2) is 0 Å². The fraction of sp³-hybridized carbons (Fsp3) is 0.273. The lowest BCUT2D eigenvalue weighted by atomic mass is 10.1. The monoisotopic (exact) mass is 294 g/mol. The molecule has 0 fully saturated rings. The number of aliphatic hydroxyl groups is 1. The smallest absolute Gasteiger partial charge is 0.396 e. The highest BCUT2D eigenvalue weighted by Crippen LogP contribution is 2.34. The summed E-state index contributed by atoms with van der Waals surface area (Å²) in [5, 5.41) is 8.54. The van der Waals surface area contributed by atoms with E-state index in [4.69, 9.17) is 5.11 Å². The minimum Gasteiger partial charge on any atom is -0.396 e. The molecule has 0 atom stereocenters. The van der Waals surface area contributed by atoms with Gasteiger partial charge < -0.3 is 5.11 Å². The van der Waals surface area contributed by atoms with Crippen LogP contribution in [0.3, 0.4) is 0 Å². The molecule has 16 heavy (non-hydrogen) atoms. The quantitative estimate of drug-likeness (QED) is 0.897. The van der Waals surface area contributed by atoms with Gasteiger partial charge in [-0.3, -0.25) is 0 Å². The molecule has 1 aromatic rings. The summed E-state index contributed by atoms with van der Waals surface area (Å²) in [6.07, 6.45) is -1.15. The van der Waals surface area contributed by atoms with Gasteiger partial charge in [0.1, 0.15) is 0 Å². The Hall–Kier alpha value is -0.810. The van der Waals surface area contributed by atoms with Crippen molar-refractivity contribution in [2.24, 2.45) is 0 Å².